The van der Waals surface area contributed by atoms with Crippen molar-refractivity contribution in [1.82, 2.24) is 14.9 Å². The van der Waals surface area contributed by atoms with Gasteiger partial charge in [-0.3, -0.25) is 5.01 Å². The zero-order valence-corrected chi connectivity index (χ0v) is 17.9. The minimum absolute atomic E-state index is 0.164. The summed E-state index contributed by atoms with van der Waals surface area (Å²) in [6.07, 6.45) is 0.922. The molecule has 2 aliphatic heterocycles. The molecule has 6 rings (SSSR count). The Balaban J connectivity index is 1.58. The fourth-order valence-electron chi connectivity index (χ4n) is 4.29. The Morgan fingerprint density at radius 2 is 1.66 bits per heavy atom. The Kier molecular flexibility index (Phi) is 3.93. The molecule has 1 aromatic heterocycles. The third kappa shape index (κ3) is 2.62. The molecule has 6 heteroatoms. The van der Waals surface area contributed by atoms with Crippen LogP contribution in [0.2, 0.25) is 0 Å². The molecule has 3 heterocycles. The molecule has 0 bridgehead atoms. The highest BCUT2D eigenvalue weighted by Gasteiger charge is 2.40. The van der Waals surface area contributed by atoms with Crippen molar-refractivity contribution in [3.63, 3.8) is 0 Å². The first-order chi connectivity index (χ1) is 14.2. The van der Waals surface area contributed by atoms with E-state index in [1.165, 1.54) is 32.1 Å². The van der Waals surface area contributed by atoms with Crippen molar-refractivity contribution in [3.8, 4) is 0 Å². The lowest BCUT2D eigenvalue weighted by Crippen LogP contribution is -2.31. The number of benzene rings is 3. The Bertz CT molecular complexity index is 1240. The van der Waals surface area contributed by atoms with Crippen LogP contribution >= 0.6 is 23.5 Å². The molecule has 4 nitrogen and oxygen atoms in total. The fourth-order valence-corrected chi connectivity index (χ4v) is 6.61. The number of hydrogen-bond donors (Lipinski definition) is 0. The summed E-state index contributed by atoms with van der Waals surface area (Å²) >= 11 is 3.60. The molecule has 0 saturated carbocycles. The summed E-state index contributed by atoms with van der Waals surface area (Å²) in [5.74, 6) is 1.58. The van der Waals surface area contributed by atoms with E-state index in [1.807, 2.05) is 11.8 Å². The van der Waals surface area contributed by atoms with Crippen molar-refractivity contribution < 1.29 is 0 Å². The largest absolute Gasteiger partial charge is 0.252 e. The van der Waals surface area contributed by atoms with E-state index in [0.29, 0.717) is 5.92 Å². The number of fused-ring (bicyclic) bond motifs is 5. The van der Waals surface area contributed by atoms with E-state index in [4.69, 9.17) is 0 Å². The average molecular weight is 417 g/mol. The fraction of sp³-hybridized carbons (Fsp3) is 0.217. The van der Waals surface area contributed by atoms with Gasteiger partial charge in [0.15, 0.2) is 5.82 Å². The lowest BCUT2D eigenvalue weighted by atomic mass is 9.96. The van der Waals surface area contributed by atoms with Crippen LogP contribution in [0.15, 0.2) is 70.2 Å². The maximum atomic E-state index is 4.51. The molecule has 1 unspecified atom stereocenters. The summed E-state index contributed by atoms with van der Waals surface area (Å²) in [5.41, 5.74) is 1.37. The van der Waals surface area contributed by atoms with Gasteiger partial charge >= 0.3 is 0 Å². The van der Waals surface area contributed by atoms with E-state index in [9.17, 15) is 0 Å². The summed E-state index contributed by atoms with van der Waals surface area (Å²) in [6.45, 7) is 4.46. The zero-order chi connectivity index (χ0) is 19.5. The van der Waals surface area contributed by atoms with Crippen LogP contribution < -0.4 is 5.01 Å². The quantitative estimate of drug-likeness (QED) is 0.379. The molecular weight excluding hydrogens is 396 g/mol. The number of hydrogen-bond acceptors (Lipinski definition) is 5. The normalized spacial score (nSPS) is 18.0. The summed E-state index contributed by atoms with van der Waals surface area (Å²) in [6, 6.07) is 19.8. The van der Waals surface area contributed by atoms with Crippen LogP contribution in [0.25, 0.3) is 21.5 Å². The molecule has 3 aromatic carbocycles. The first-order valence-corrected chi connectivity index (χ1v) is 11.6. The van der Waals surface area contributed by atoms with Crippen molar-refractivity contribution in [2.45, 2.75) is 30.8 Å². The molecule has 29 heavy (non-hydrogen) atoms. The van der Waals surface area contributed by atoms with Gasteiger partial charge in [0.2, 0.25) is 5.16 Å². The molecule has 0 spiro atoms. The maximum absolute atomic E-state index is 4.51. The molecule has 2 aliphatic rings. The van der Waals surface area contributed by atoms with Gasteiger partial charge < -0.3 is 0 Å². The topological polar surface area (TPSA) is 34.0 Å². The third-order valence-corrected chi connectivity index (χ3v) is 7.64. The standard InChI is InChI=1S/C23H20N4S2/c1-14(2)11-19-24-25-23-26(19)27-20(29-23)13-28-22(27)21-17-9-5-3-7-15(17)12-16-8-4-6-10-18(16)21/h3-10,12-14,22H,11H2,1-2H3. The Morgan fingerprint density at radius 3 is 2.34 bits per heavy atom. The molecule has 0 aliphatic carbocycles. The van der Waals surface area contributed by atoms with Gasteiger partial charge in [-0.15, -0.1) is 10.2 Å². The Labute approximate surface area is 178 Å². The van der Waals surface area contributed by atoms with E-state index in [0.717, 1.165) is 17.4 Å². The molecule has 0 radical (unpaired) electrons. The van der Waals surface area contributed by atoms with E-state index >= 15 is 0 Å². The predicted molar refractivity (Wildman–Crippen MR) is 123 cm³/mol. The van der Waals surface area contributed by atoms with Crippen LogP contribution in [0, 0.1) is 5.92 Å². The van der Waals surface area contributed by atoms with Crippen molar-refractivity contribution >= 4 is 45.1 Å². The lowest BCUT2D eigenvalue weighted by Gasteiger charge is -2.28. The number of rotatable bonds is 3. The van der Waals surface area contributed by atoms with Gasteiger partial charge in [-0.05, 0) is 45.3 Å². The SMILES string of the molecule is CC(C)Cc1nnc2n1N1C(=CSC1c1c3ccccc3cc3ccccc13)S2. The van der Waals surface area contributed by atoms with Crippen molar-refractivity contribution in [2.75, 3.05) is 5.01 Å². The first-order valence-electron chi connectivity index (χ1n) is 9.88. The van der Waals surface area contributed by atoms with Gasteiger partial charge in [-0.2, -0.15) is 0 Å². The highest BCUT2D eigenvalue weighted by Crippen LogP contribution is 2.53. The number of thioether (sulfide) groups is 2. The van der Waals surface area contributed by atoms with E-state index < -0.39 is 0 Å². The minimum atomic E-state index is 0.164. The second-order valence-corrected chi connectivity index (χ2v) is 9.87. The lowest BCUT2D eigenvalue weighted by molar-refractivity contribution is 0.553. The summed E-state index contributed by atoms with van der Waals surface area (Å²) in [4.78, 5) is 0. The Hall–Kier alpha value is -2.44. The highest BCUT2D eigenvalue weighted by molar-refractivity contribution is 8.07. The van der Waals surface area contributed by atoms with Gasteiger partial charge in [0, 0.05) is 17.4 Å². The summed E-state index contributed by atoms with van der Waals surface area (Å²) in [7, 11) is 0. The first kappa shape index (κ1) is 17.4. The van der Waals surface area contributed by atoms with Crippen molar-refractivity contribution in [3.05, 3.63) is 76.4 Å². The molecule has 0 N–H and O–H groups in total. The average Bonchev–Trinajstić information content (AvgIpc) is 3.38. The molecule has 4 aromatic rings. The van der Waals surface area contributed by atoms with E-state index in [-0.39, 0.29) is 5.37 Å². The number of nitrogens with zero attached hydrogens (tertiary/aromatic N) is 4. The third-order valence-electron chi connectivity index (χ3n) is 5.48. The van der Waals surface area contributed by atoms with E-state index in [2.05, 4.69) is 93.7 Å². The van der Waals surface area contributed by atoms with Gasteiger partial charge in [-0.25, -0.2) is 4.68 Å². The van der Waals surface area contributed by atoms with Crippen LogP contribution in [-0.4, -0.2) is 14.9 Å². The zero-order valence-electron chi connectivity index (χ0n) is 16.2. The maximum Gasteiger partial charge on any atom is 0.216 e. The van der Waals surface area contributed by atoms with Crippen molar-refractivity contribution in [2.24, 2.45) is 5.92 Å². The van der Waals surface area contributed by atoms with Gasteiger partial charge in [0.25, 0.3) is 0 Å². The molecule has 0 amide bonds. The van der Waals surface area contributed by atoms with Crippen LogP contribution in [0.5, 0.6) is 0 Å². The van der Waals surface area contributed by atoms with Gasteiger partial charge in [-0.1, -0.05) is 74.1 Å². The smallest absolute Gasteiger partial charge is 0.216 e. The van der Waals surface area contributed by atoms with Gasteiger partial charge in [0.05, 0.1) is 0 Å². The highest BCUT2D eigenvalue weighted by atomic mass is 32.2. The molecule has 144 valence electrons. The monoisotopic (exact) mass is 416 g/mol. The number of aromatic nitrogens is 3. The summed E-state index contributed by atoms with van der Waals surface area (Å²) < 4.78 is 2.25. The Morgan fingerprint density at radius 1 is 0.966 bits per heavy atom. The second kappa shape index (κ2) is 6.54. The molecule has 0 fully saturated rings. The molecular formula is C23H20N4S2. The van der Waals surface area contributed by atoms with Crippen molar-refractivity contribution in [1.29, 1.82) is 0 Å². The second-order valence-electron chi connectivity index (χ2n) is 7.93. The summed E-state index contributed by atoms with van der Waals surface area (Å²) in [5, 5.41) is 21.2. The molecule has 0 saturated heterocycles. The molecule has 1 atom stereocenters. The van der Waals surface area contributed by atoms with Crippen LogP contribution in [-0.2, 0) is 6.42 Å². The minimum Gasteiger partial charge on any atom is -0.252 e. The van der Waals surface area contributed by atoms with Gasteiger partial charge in [0.1, 0.15) is 10.4 Å². The van der Waals surface area contributed by atoms with E-state index in [1.54, 1.807) is 11.8 Å². The van der Waals surface area contributed by atoms with Crippen LogP contribution in [0.1, 0.15) is 30.6 Å². The predicted octanol–water partition coefficient (Wildman–Crippen LogP) is 6.07. The van der Waals surface area contributed by atoms with Crippen LogP contribution in [0.3, 0.4) is 0 Å². The van der Waals surface area contributed by atoms with Crippen LogP contribution in [0.4, 0.5) is 0 Å².